The Hall–Kier alpha value is -0.880. The molecule has 0 aromatic heterocycles. The van der Waals surface area contributed by atoms with Gasteiger partial charge in [0.05, 0.1) is 0 Å². The van der Waals surface area contributed by atoms with Crippen molar-refractivity contribution in [3.8, 4) is 24.2 Å². The molecular formula is C9H12. The van der Waals surface area contributed by atoms with Crippen molar-refractivity contribution in [1.82, 2.24) is 0 Å². The van der Waals surface area contributed by atoms with E-state index in [9.17, 15) is 0 Å². The van der Waals surface area contributed by atoms with E-state index in [0.29, 0.717) is 5.92 Å². The summed E-state index contributed by atoms with van der Waals surface area (Å²) in [5.74, 6) is 8.82. The molecule has 0 fully saturated rings. The first-order valence-electron chi connectivity index (χ1n) is 3.20. The van der Waals surface area contributed by atoms with Crippen molar-refractivity contribution in [2.45, 2.75) is 26.7 Å². The molecule has 0 spiro atoms. The molecule has 1 unspecified atom stereocenters. The first-order valence-corrected chi connectivity index (χ1v) is 3.20. The highest BCUT2D eigenvalue weighted by atomic mass is 14.0. The Morgan fingerprint density at radius 3 is 2.56 bits per heavy atom. The molecular weight excluding hydrogens is 108 g/mol. The largest absolute Gasteiger partial charge is 0.120 e. The van der Waals surface area contributed by atoms with Gasteiger partial charge in [0.15, 0.2) is 0 Å². The van der Waals surface area contributed by atoms with Crippen LogP contribution in [-0.4, -0.2) is 0 Å². The van der Waals surface area contributed by atoms with Crippen molar-refractivity contribution in [2.75, 3.05) is 0 Å². The van der Waals surface area contributed by atoms with Crippen LogP contribution >= 0.6 is 0 Å². The summed E-state index contributed by atoms with van der Waals surface area (Å²) in [6, 6.07) is 0. The third kappa shape index (κ3) is 3.68. The van der Waals surface area contributed by atoms with E-state index in [2.05, 4.69) is 24.7 Å². The van der Waals surface area contributed by atoms with E-state index in [1.807, 2.05) is 6.92 Å². The first kappa shape index (κ1) is 8.12. The third-order valence-corrected chi connectivity index (χ3v) is 1.25. The van der Waals surface area contributed by atoms with Crippen LogP contribution in [0.2, 0.25) is 0 Å². The van der Waals surface area contributed by atoms with Crippen LogP contribution in [0.25, 0.3) is 0 Å². The summed E-state index contributed by atoms with van der Waals surface area (Å²) in [6.45, 7) is 3.92. The molecule has 0 amide bonds. The molecule has 0 aromatic rings. The molecule has 0 heteroatoms. The highest BCUT2D eigenvalue weighted by molar-refractivity contribution is 5.03. The van der Waals surface area contributed by atoms with E-state index in [1.54, 1.807) is 0 Å². The first-order chi connectivity index (χ1) is 4.35. The number of hydrogen-bond donors (Lipinski definition) is 0. The molecule has 0 bridgehead atoms. The van der Waals surface area contributed by atoms with Crippen molar-refractivity contribution >= 4 is 0 Å². The van der Waals surface area contributed by atoms with Gasteiger partial charge in [-0.2, -0.15) is 0 Å². The molecule has 1 atom stereocenters. The molecule has 0 aliphatic heterocycles. The average molecular weight is 120 g/mol. The molecule has 0 rings (SSSR count). The van der Waals surface area contributed by atoms with Crippen molar-refractivity contribution in [1.29, 1.82) is 0 Å². The topological polar surface area (TPSA) is 0 Å². The smallest absolute Gasteiger partial charge is 0.0307 e. The zero-order chi connectivity index (χ0) is 7.11. The fourth-order valence-electron chi connectivity index (χ4n) is 0.546. The standard InChI is InChI=1S/C9H12/c1-4-7-8-9(5-2)6-3/h2,9H,6,8H2,1,3H3. The SMILES string of the molecule is C#CC(CC)CC#CC. The summed E-state index contributed by atoms with van der Waals surface area (Å²) in [6.07, 6.45) is 7.09. The number of terminal acetylenes is 1. The lowest BCUT2D eigenvalue weighted by Crippen LogP contribution is -1.90. The fraction of sp³-hybridized carbons (Fsp3) is 0.556. The number of hydrogen-bond acceptors (Lipinski definition) is 0. The molecule has 9 heavy (non-hydrogen) atoms. The molecule has 0 aromatic carbocycles. The molecule has 0 nitrogen and oxygen atoms in total. The predicted molar refractivity (Wildman–Crippen MR) is 40.7 cm³/mol. The van der Waals surface area contributed by atoms with E-state index >= 15 is 0 Å². The maximum absolute atomic E-state index is 5.21. The lowest BCUT2D eigenvalue weighted by molar-refractivity contribution is 0.672. The second-order valence-electron chi connectivity index (χ2n) is 1.90. The van der Waals surface area contributed by atoms with Gasteiger partial charge >= 0.3 is 0 Å². The van der Waals surface area contributed by atoms with Crippen LogP contribution in [0.5, 0.6) is 0 Å². The monoisotopic (exact) mass is 120 g/mol. The van der Waals surface area contributed by atoms with Crippen LogP contribution in [0.3, 0.4) is 0 Å². The van der Waals surface area contributed by atoms with Gasteiger partial charge in [-0.15, -0.1) is 24.2 Å². The molecule has 0 saturated carbocycles. The van der Waals surface area contributed by atoms with E-state index in [0.717, 1.165) is 12.8 Å². The maximum atomic E-state index is 5.21. The minimum absolute atomic E-state index is 0.359. The fourth-order valence-corrected chi connectivity index (χ4v) is 0.546. The summed E-state index contributed by atoms with van der Waals surface area (Å²) in [5.41, 5.74) is 0. The highest BCUT2D eigenvalue weighted by Crippen LogP contribution is 2.03. The highest BCUT2D eigenvalue weighted by Gasteiger charge is 1.95. The molecule has 0 aliphatic rings. The second-order valence-corrected chi connectivity index (χ2v) is 1.90. The van der Waals surface area contributed by atoms with Crippen molar-refractivity contribution in [3.05, 3.63) is 0 Å². The Bertz CT molecular complexity index is 149. The van der Waals surface area contributed by atoms with Crippen LogP contribution in [0.1, 0.15) is 26.7 Å². The summed E-state index contributed by atoms with van der Waals surface area (Å²) >= 11 is 0. The quantitative estimate of drug-likeness (QED) is 0.489. The third-order valence-electron chi connectivity index (χ3n) is 1.25. The van der Waals surface area contributed by atoms with Gasteiger partial charge in [0.2, 0.25) is 0 Å². The Labute approximate surface area is 57.7 Å². The average Bonchev–Trinajstić information content (AvgIpc) is 1.91. The predicted octanol–water partition coefficient (Wildman–Crippen LogP) is 2.06. The summed E-state index contributed by atoms with van der Waals surface area (Å²) in [5, 5.41) is 0. The molecule has 0 saturated heterocycles. The van der Waals surface area contributed by atoms with Gasteiger partial charge in [-0.3, -0.25) is 0 Å². The van der Waals surface area contributed by atoms with Crippen molar-refractivity contribution in [3.63, 3.8) is 0 Å². The van der Waals surface area contributed by atoms with Gasteiger partial charge < -0.3 is 0 Å². The van der Waals surface area contributed by atoms with Gasteiger partial charge in [0.25, 0.3) is 0 Å². The van der Waals surface area contributed by atoms with Gasteiger partial charge in [-0.05, 0) is 13.3 Å². The molecule has 0 radical (unpaired) electrons. The summed E-state index contributed by atoms with van der Waals surface area (Å²) in [4.78, 5) is 0. The Kier molecular flexibility index (Phi) is 4.75. The van der Waals surface area contributed by atoms with E-state index in [1.165, 1.54) is 0 Å². The van der Waals surface area contributed by atoms with Crippen LogP contribution < -0.4 is 0 Å². The lowest BCUT2D eigenvalue weighted by atomic mass is 10.0. The van der Waals surface area contributed by atoms with Gasteiger partial charge in [0, 0.05) is 12.3 Å². The zero-order valence-corrected chi connectivity index (χ0v) is 6.07. The second kappa shape index (κ2) is 5.26. The Morgan fingerprint density at radius 1 is 1.56 bits per heavy atom. The lowest BCUT2D eigenvalue weighted by Gasteiger charge is -1.98. The van der Waals surface area contributed by atoms with Crippen LogP contribution in [0, 0.1) is 30.1 Å². The van der Waals surface area contributed by atoms with E-state index in [4.69, 9.17) is 6.42 Å². The molecule has 0 heterocycles. The molecule has 0 N–H and O–H groups in total. The van der Waals surface area contributed by atoms with Crippen molar-refractivity contribution < 1.29 is 0 Å². The maximum Gasteiger partial charge on any atom is 0.0307 e. The van der Waals surface area contributed by atoms with Crippen molar-refractivity contribution in [2.24, 2.45) is 5.92 Å². The molecule has 48 valence electrons. The van der Waals surface area contributed by atoms with E-state index in [-0.39, 0.29) is 0 Å². The zero-order valence-electron chi connectivity index (χ0n) is 6.07. The van der Waals surface area contributed by atoms with E-state index < -0.39 is 0 Å². The van der Waals surface area contributed by atoms with Crippen LogP contribution in [0.15, 0.2) is 0 Å². The van der Waals surface area contributed by atoms with Gasteiger partial charge in [-0.25, -0.2) is 0 Å². The number of rotatable bonds is 2. The Balaban J connectivity index is 3.55. The van der Waals surface area contributed by atoms with Gasteiger partial charge in [0.1, 0.15) is 0 Å². The normalized spacial score (nSPS) is 10.8. The minimum Gasteiger partial charge on any atom is -0.120 e. The molecule has 0 aliphatic carbocycles. The summed E-state index contributed by atoms with van der Waals surface area (Å²) in [7, 11) is 0. The Morgan fingerprint density at radius 2 is 2.22 bits per heavy atom. The summed E-state index contributed by atoms with van der Waals surface area (Å²) < 4.78 is 0. The van der Waals surface area contributed by atoms with Gasteiger partial charge in [-0.1, -0.05) is 6.92 Å². The van der Waals surface area contributed by atoms with Crippen LogP contribution in [-0.2, 0) is 0 Å². The van der Waals surface area contributed by atoms with Crippen LogP contribution in [0.4, 0.5) is 0 Å². The minimum atomic E-state index is 0.359.